The van der Waals surface area contributed by atoms with Crippen LogP contribution in [0.15, 0.2) is 24.3 Å². The second kappa shape index (κ2) is 4.70. The van der Waals surface area contributed by atoms with Gasteiger partial charge in [-0.05, 0) is 45.9 Å². The van der Waals surface area contributed by atoms with Crippen LogP contribution >= 0.6 is 0 Å². The lowest BCUT2D eigenvalue weighted by Crippen LogP contribution is -2.28. The van der Waals surface area contributed by atoms with E-state index in [9.17, 15) is 9.90 Å². The van der Waals surface area contributed by atoms with Gasteiger partial charge < -0.3 is 9.84 Å². The molecule has 0 aliphatic heterocycles. The average molecular weight is 261 g/mol. The van der Waals surface area contributed by atoms with Crippen molar-refractivity contribution in [3.63, 3.8) is 0 Å². The summed E-state index contributed by atoms with van der Waals surface area (Å²) >= 11 is 0. The molecule has 1 aromatic heterocycles. The number of aliphatic hydroxyl groups excluding tert-OH is 1. The Balaban J connectivity index is 2.54. The lowest BCUT2D eigenvalue weighted by molar-refractivity contribution is 0.0533. The van der Waals surface area contributed by atoms with Crippen LogP contribution in [0.25, 0.3) is 10.9 Å². The molecule has 2 aromatic rings. The van der Waals surface area contributed by atoms with Gasteiger partial charge in [-0.2, -0.15) is 0 Å². The lowest BCUT2D eigenvalue weighted by atomic mass is 10.2. The minimum Gasteiger partial charge on any atom is -0.443 e. The fourth-order valence-corrected chi connectivity index (χ4v) is 2.03. The first-order valence-corrected chi connectivity index (χ1v) is 6.27. The van der Waals surface area contributed by atoms with E-state index < -0.39 is 11.7 Å². The van der Waals surface area contributed by atoms with Gasteiger partial charge in [0, 0.05) is 5.39 Å². The number of carbonyl (C=O) groups excluding carboxylic acids is 1. The molecule has 0 aliphatic carbocycles. The number of hydrogen-bond acceptors (Lipinski definition) is 3. The molecule has 2 rings (SSSR count). The largest absolute Gasteiger partial charge is 0.443 e. The van der Waals surface area contributed by atoms with Crippen LogP contribution < -0.4 is 0 Å². The minimum absolute atomic E-state index is 0.201. The third kappa shape index (κ3) is 2.79. The maximum absolute atomic E-state index is 12.2. The molecule has 0 saturated heterocycles. The molecule has 0 atom stereocenters. The summed E-state index contributed by atoms with van der Waals surface area (Å²) in [5, 5.41) is 10.3. The summed E-state index contributed by atoms with van der Waals surface area (Å²) in [6, 6.07) is 7.60. The van der Waals surface area contributed by atoms with E-state index in [1.165, 1.54) is 4.57 Å². The second-order valence-corrected chi connectivity index (χ2v) is 5.67. The summed E-state index contributed by atoms with van der Waals surface area (Å²) in [4.78, 5) is 12.2. The Morgan fingerprint density at radius 2 is 2.00 bits per heavy atom. The number of aromatic nitrogens is 1. The Bertz CT molecular complexity index is 620. The molecule has 0 fully saturated rings. The Morgan fingerprint density at radius 3 is 2.58 bits per heavy atom. The molecule has 0 spiro atoms. The molecule has 0 saturated carbocycles. The smallest absolute Gasteiger partial charge is 0.419 e. The van der Waals surface area contributed by atoms with Crippen molar-refractivity contribution in [3.8, 4) is 0 Å². The van der Waals surface area contributed by atoms with E-state index in [0.717, 1.165) is 16.5 Å². The Morgan fingerprint density at radius 1 is 1.32 bits per heavy atom. The predicted molar refractivity (Wildman–Crippen MR) is 74.2 cm³/mol. The Kier molecular flexibility index (Phi) is 3.37. The van der Waals surface area contributed by atoms with Gasteiger partial charge in [-0.3, -0.25) is 0 Å². The summed E-state index contributed by atoms with van der Waals surface area (Å²) in [6.45, 7) is 7.24. The molecular formula is C15H19NO3. The van der Waals surface area contributed by atoms with Crippen molar-refractivity contribution in [2.24, 2.45) is 0 Å². The van der Waals surface area contributed by atoms with Gasteiger partial charge in [-0.1, -0.05) is 11.6 Å². The molecule has 1 N–H and O–H groups in total. The highest BCUT2D eigenvalue weighted by Crippen LogP contribution is 2.23. The minimum atomic E-state index is -0.564. The molecule has 0 unspecified atom stereocenters. The number of nitrogens with zero attached hydrogens (tertiary/aromatic N) is 1. The summed E-state index contributed by atoms with van der Waals surface area (Å²) in [5.74, 6) is 0. The SMILES string of the molecule is Cc1ccc2c(c1)cc(CO)n2C(=O)OC(C)(C)C. The van der Waals surface area contributed by atoms with Gasteiger partial charge in [0.25, 0.3) is 0 Å². The number of benzene rings is 1. The van der Waals surface area contributed by atoms with E-state index in [-0.39, 0.29) is 6.61 Å². The number of fused-ring (bicyclic) bond motifs is 1. The molecule has 0 bridgehead atoms. The highest BCUT2D eigenvalue weighted by Gasteiger charge is 2.21. The van der Waals surface area contributed by atoms with Crippen molar-refractivity contribution < 1.29 is 14.6 Å². The fourth-order valence-electron chi connectivity index (χ4n) is 2.03. The van der Waals surface area contributed by atoms with Crippen LogP contribution in [0.4, 0.5) is 4.79 Å². The van der Waals surface area contributed by atoms with Crippen LogP contribution in [0.2, 0.25) is 0 Å². The Labute approximate surface area is 112 Å². The number of aryl methyl sites for hydroxylation is 1. The molecule has 102 valence electrons. The van der Waals surface area contributed by atoms with Gasteiger partial charge in [0.2, 0.25) is 0 Å². The van der Waals surface area contributed by atoms with Gasteiger partial charge in [-0.25, -0.2) is 9.36 Å². The molecule has 0 radical (unpaired) electrons. The molecule has 0 amide bonds. The van der Waals surface area contributed by atoms with Crippen LogP contribution in [0, 0.1) is 6.92 Å². The van der Waals surface area contributed by atoms with Crippen molar-refractivity contribution in [2.75, 3.05) is 0 Å². The monoisotopic (exact) mass is 261 g/mol. The van der Waals surface area contributed by atoms with Gasteiger partial charge in [0.05, 0.1) is 17.8 Å². The lowest BCUT2D eigenvalue weighted by Gasteiger charge is -2.20. The molecule has 1 aromatic carbocycles. The van der Waals surface area contributed by atoms with E-state index in [0.29, 0.717) is 5.69 Å². The first kappa shape index (κ1) is 13.6. The van der Waals surface area contributed by atoms with Crippen LogP contribution in [-0.4, -0.2) is 21.4 Å². The highest BCUT2D eigenvalue weighted by atomic mass is 16.6. The fraction of sp³-hybridized carbons (Fsp3) is 0.400. The zero-order valence-electron chi connectivity index (χ0n) is 11.7. The van der Waals surface area contributed by atoms with Crippen LogP contribution in [0.1, 0.15) is 32.0 Å². The number of carbonyl (C=O) groups is 1. The zero-order valence-corrected chi connectivity index (χ0v) is 11.7. The maximum Gasteiger partial charge on any atom is 0.419 e. The summed E-state index contributed by atoms with van der Waals surface area (Å²) in [7, 11) is 0. The van der Waals surface area contributed by atoms with Gasteiger partial charge >= 0.3 is 6.09 Å². The third-order valence-electron chi connectivity index (χ3n) is 2.77. The van der Waals surface area contributed by atoms with E-state index in [2.05, 4.69) is 0 Å². The molecule has 19 heavy (non-hydrogen) atoms. The van der Waals surface area contributed by atoms with Crippen LogP contribution in [-0.2, 0) is 11.3 Å². The number of aliphatic hydroxyl groups is 1. The highest BCUT2D eigenvalue weighted by molar-refractivity contribution is 5.91. The molecule has 0 aliphatic rings. The molecule has 4 nitrogen and oxygen atoms in total. The third-order valence-corrected chi connectivity index (χ3v) is 2.77. The first-order valence-electron chi connectivity index (χ1n) is 6.27. The number of hydrogen-bond donors (Lipinski definition) is 1. The van der Waals surface area contributed by atoms with Crippen molar-refractivity contribution in [1.29, 1.82) is 0 Å². The summed E-state index contributed by atoms with van der Waals surface area (Å²) in [6.07, 6.45) is -0.463. The van der Waals surface area contributed by atoms with Gasteiger partial charge in [-0.15, -0.1) is 0 Å². The zero-order chi connectivity index (χ0) is 14.2. The van der Waals surface area contributed by atoms with Crippen molar-refractivity contribution in [3.05, 3.63) is 35.5 Å². The maximum atomic E-state index is 12.2. The van der Waals surface area contributed by atoms with Gasteiger partial charge in [0.15, 0.2) is 0 Å². The topological polar surface area (TPSA) is 51.5 Å². The number of rotatable bonds is 1. The quantitative estimate of drug-likeness (QED) is 0.857. The van der Waals surface area contributed by atoms with E-state index in [4.69, 9.17) is 4.74 Å². The normalized spacial score (nSPS) is 11.8. The van der Waals surface area contributed by atoms with Crippen LogP contribution in [0.5, 0.6) is 0 Å². The molecule has 4 heteroatoms. The van der Waals surface area contributed by atoms with Crippen LogP contribution in [0.3, 0.4) is 0 Å². The van der Waals surface area contributed by atoms with E-state index in [1.807, 2.05) is 52.0 Å². The standard InChI is InChI=1S/C15H19NO3/c1-10-5-6-13-11(7-10)8-12(9-17)16(13)14(18)19-15(2,3)4/h5-8,17H,9H2,1-4H3. The summed E-state index contributed by atoms with van der Waals surface area (Å²) in [5.41, 5.74) is 1.84. The average Bonchev–Trinajstić information content (AvgIpc) is 2.63. The van der Waals surface area contributed by atoms with Crippen molar-refractivity contribution >= 4 is 17.0 Å². The summed E-state index contributed by atoms with van der Waals surface area (Å²) < 4.78 is 6.81. The second-order valence-electron chi connectivity index (χ2n) is 5.67. The van der Waals surface area contributed by atoms with Gasteiger partial charge in [0.1, 0.15) is 5.60 Å². The van der Waals surface area contributed by atoms with Crippen molar-refractivity contribution in [2.45, 2.75) is 39.9 Å². The molecule has 1 heterocycles. The Hall–Kier alpha value is -1.81. The predicted octanol–water partition coefficient (Wildman–Crippen LogP) is 3.23. The number of ether oxygens (including phenoxy) is 1. The van der Waals surface area contributed by atoms with Crippen molar-refractivity contribution in [1.82, 2.24) is 4.57 Å². The van der Waals surface area contributed by atoms with E-state index in [1.54, 1.807) is 0 Å². The molecular weight excluding hydrogens is 242 g/mol. The van der Waals surface area contributed by atoms with E-state index >= 15 is 0 Å². The first-order chi connectivity index (χ1) is 8.81.